The number of carbonyl (C=O) groups excluding carboxylic acids is 2. The van der Waals surface area contributed by atoms with Gasteiger partial charge in [-0.1, -0.05) is 65.7 Å². The van der Waals surface area contributed by atoms with E-state index < -0.39 is 34.6 Å². The number of ketones is 2. The van der Waals surface area contributed by atoms with Crippen molar-refractivity contribution in [2.24, 2.45) is 0 Å². The number of benzene rings is 4. The van der Waals surface area contributed by atoms with Crippen LogP contribution in [0.1, 0.15) is 43.0 Å². The van der Waals surface area contributed by atoms with E-state index >= 15 is 0 Å². The number of rotatable bonds is 6. The molecule has 0 aliphatic rings. The first-order chi connectivity index (χ1) is 23.5. The maximum atomic E-state index is 12.6. The van der Waals surface area contributed by atoms with Crippen molar-refractivity contribution in [1.82, 2.24) is 20.4 Å². The second-order valence-electron chi connectivity index (χ2n) is 10.8. The van der Waals surface area contributed by atoms with Crippen molar-refractivity contribution in [3.63, 3.8) is 0 Å². The van der Waals surface area contributed by atoms with E-state index in [0.717, 1.165) is 24.3 Å². The predicted molar refractivity (Wildman–Crippen MR) is 174 cm³/mol. The molecular weight excluding hydrogens is 713 g/mol. The Hall–Kier alpha value is -5.34. The second kappa shape index (κ2) is 14.3. The monoisotopic (exact) mass is 732 g/mol. The number of aromatic amines is 2. The zero-order valence-corrected chi connectivity index (χ0v) is 26.6. The molecule has 4 aromatic carbocycles. The lowest BCUT2D eigenvalue weighted by Crippen LogP contribution is -2.10. The van der Waals surface area contributed by atoms with Crippen LogP contribution in [0.5, 0.6) is 0 Å². The van der Waals surface area contributed by atoms with E-state index in [9.17, 15) is 45.5 Å². The zero-order chi connectivity index (χ0) is 36.4. The summed E-state index contributed by atoms with van der Waals surface area (Å²) in [7, 11) is 0. The van der Waals surface area contributed by atoms with Gasteiger partial charge in [-0.3, -0.25) is 19.2 Å². The lowest BCUT2D eigenvalue weighted by atomic mass is 10.00. The van der Waals surface area contributed by atoms with Crippen LogP contribution in [0.4, 0.5) is 26.3 Å². The number of carbonyl (C=O) groups is 2. The Morgan fingerprint density at radius 2 is 0.920 bits per heavy atom. The molecule has 2 N–H and O–H groups in total. The molecule has 6 aromatic rings. The van der Waals surface area contributed by atoms with Crippen molar-refractivity contribution in [3.05, 3.63) is 149 Å². The Bertz CT molecular complexity index is 2360. The topological polar surface area (TPSA) is 126 Å². The molecule has 0 saturated carbocycles. The van der Waals surface area contributed by atoms with Crippen LogP contribution in [0.25, 0.3) is 21.5 Å². The summed E-state index contributed by atoms with van der Waals surface area (Å²) in [5.41, 5.74) is -1.01. The van der Waals surface area contributed by atoms with Crippen LogP contribution in [-0.2, 0) is 25.2 Å². The summed E-state index contributed by atoms with van der Waals surface area (Å²) in [6.07, 6.45) is -8.99. The number of hydrogen-bond donors (Lipinski definition) is 2. The van der Waals surface area contributed by atoms with Gasteiger partial charge in [0.25, 0.3) is 11.1 Å². The molecule has 0 radical (unpaired) electrons. The van der Waals surface area contributed by atoms with Crippen molar-refractivity contribution in [1.29, 1.82) is 0 Å². The molecule has 0 fully saturated rings. The average molecular weight is 733 g/mol. The summed E-state index contributed by atoms with van der Waals surface area (Å²) in [6, 6.07) is 17.6. The van der Waals surface area contributed by atoms with E-state index in [1.54, 1.807) is 0 Å². The number of nitrogens with one attached hydrogen (secondary N) is 2. The van der Waals surface area contributed by atoms with Gasteiger partial charge in [-0.05, 0) is 53.6 Å². The maximum absolute atomic E-state index is 12.6. The number of nitrogens with zero attached hydrogens (tertiary/aromatic N) is 2. The van der Waals surface area contributed by atoms with Crippen molar-refractivity contribution in [2.75, 3.05) is 0 Å². The Morgan fingerprint density at radius 1 is 0.540 bits per heavy atom. The van der Waals surface area contributed by atoms with Gasteiger partial charge in [0.05, 0.1) is 21.9 Å². The van der Waals surface area contributed by atoms with Gasteiger partial charge in [0.1, 0.15) is 0 Å². The van der Waals surface area contributed by atoms with Crippen LogP contribution < -0.4 is 11.1 Å². The normalized spacial score (nSPS) is 11.7. The molecule has 0 spiro atoms. The molecule has 256 valence electrons. The maximum Gasteiger partial charge on any atom is 0.416 e. The van der Waals surface area contributed by atoms with Crippen LogP contribution in [0.3, 0.4) is 0 Å². The third-order valence-electron chi connectivity index (χ3n) is 7.42. The summed E-state index contributed by atoms with van der Waals surface area (Å²) in [5.74, 6) is -0.632. The van der Waals surface area contributed by atoms with E-state index in [1.165, 1.54) is 60.7 Å². The van der Waals surface area contributed by atoms with Crippen molar-refractivity contribution in [3.8, 4) is 0 Å². The van der Waals surface area contributed by atoms with Crippen LogP contribution in [0, 0.1) is 0 Å². The van der Waals surface area contributed by atoms with Crippen molar-refractivity contribution >= 4 is 56.3 Å². The summed E-state index contributed by atoms with van der Waals surface area (Å²) >= 11 is 11.8. The molecule has 0 unspecified atom stereocenters. The SMILES string of the molecule is O=C(Cc1ccc(C(F)(F)F)cc1)c1ccc2c(=O)[nH]nc(Cl)c2c1.O=C(Cc1ccc(C(F)(F)F)cc1)c1ccc2c(Cl)n[nH]c(=O)c2c1. The van der Waals surface area contributed by atoms with Crippen LogP contribution in [0.2, 0.25) is 10.3 Å². The quantitative estimate of drug-likeness (QED) is 0.132. The first-order valence-electron chi connectivity index (χ1n) is 14.3. The Morgan fingerprint density at radius 3 is 1.36 bits per heavy atom. The lowest BCUT2D eigenvalue weighted by Gasteiger charge is -2.08. The van der Waals surface area contributed by atoms with Gasteiger partial charge < -0.3 is 0 Å². The number of alkyl halides is 6. The fourth-order valence-corrected chi connectivity index (χ4v) is 5.22. The Kier molecular flexibility index (Phi) is 10.2. The van der Waals surface area contributed by atoms with Gasteiger partial charge in [-0.2, -0.15) is 36.5 Å². The summed E-state index contributed by atoms with van der Waals surface area (Å²) in [4.78, 5) is 48.2. The van der Waals surface area contributed by atoms with Crippen molar-refractivity contribution in [2.45, 2.75) is 25.2 Å². The molecule has 16 heteroatoms. The molecule has 50 heavy (non-hydrogen) atoms. The highest BCUT2D eigenvalue weighted by molar-refractivity contribution is 6.34. The van der Waals surface area contributed by atoms with E-state index in [-0.39, 0.29) is 45.7 Å². The fraction of sp³-hybridized carbons (Fsp3) is 0.118. The van der Waals surface area contributed by atoms with Gasteiger partial charge in [-0.25, -0.2) is 10.2 Å². The van der Waals surface area contributed by atoms with Crippen molar-refractivity contribution < 1.29 is 35.9 Å². The summed E-state index contributed by atoms with van der Waals surface area (Å²) in [5, 5.41) is 13.2. The molecule has 0 amide bonds. The molecule has 0 saturated heterocycles. The molecule has 0 bridgehead atoms. The van der Waals surface area contributed by atoms with E-state index in [1.807, 2.05) is 0 Å². The minimum atomic E-state index is -4.42. The molecular formula is C34H20Cl2F6N4O4. The smallest absolute Gasteiger partial charge is 0.294 e. The first kappa shape index (κ1) is 36.0. The lowest BCUT2D eigenvalue weighted by molar-refractivity contribution is -0.138. The minimum absolute atomic E-state index is 0.0544. The Balaban J connectivity index is 0.000000194. The molecule has 0 aliphatic heterocycles. The number of Topliss-reactive ketones (excluding diaryl/α,β-unsaturated/α-hetero) is 2. The summed E-state index contributed by atoms with van der Waals surface area (Å²) in [6.45, 7) is 0. The summed E-state index contributed by atoms with van der Waals surface area (Å²) < 4.78 is 75.3. The largest absolute Gasteiger partial charge is 0.416 e. The second-order valence-corrected chi connectivity index (χ2v) is 11.5. The van der Waals surface area contributed by atoms with Gasteiger partial charge in [-0.15, -0.1) is 0 Å². The zero-order valence-electron chi connectivity index (χ0n) is 25.0. The number of H-pyrrole nitrogens is 2. The fourth-order valence-electron chi connectivity index (χ4n) is 4.81. The molecule has 2 heterocycles. The number of halogens is 8. The van der Waals surface area contributed by atoms with Gasteiger partial charge >= 0.3 is 12.4 Å². The van der Waals surface area contributed by atoms with Gasteiger partial charge in [0, 0.05) is 34.7 Å². The standard InChI is InChI=1S/2C17H10ClF3N2O2/c18-15-13-8-10(3-6-12(13)16(25)23-22-15)14(24)7-9-1-4-11(5-2-9)17(19,20)21;18-15-12-6-3-10(8-13(12)16(25)23-22-15)14(24)7-9-1-4-11(5-2-9)17(19,20)21/h2*1-6,8H,7H2,(H,23,25). The highest BCUT2D eigenvalue weighted by Gasteiger charge is 2.31. The van der Waals surface area contributed by atoms with E-state index in [4.69, 9.17) is 23.2 Å². The van der Waals surface area contributed by atoms with E-state index in [0.29, 0.717) is 32.8 Å². The van der Waals surface area contributed by atoms with Crippen LogP contribution >= 0.6 is 23.2 Å². The third kappa shape index (κ3) is 8.26. The first-order valence-corrected chi connectivity index (χ1v) is 15.0. The van der Waals surface area contributed by atoms with Crippen LogP contribution in [0.15, 0.2) is 94.5 Å². The average Bonchev–Trinajstić information content (AvgIpc) is 3.08. The van der Waals surface area contributed by atoms with E-state index in [2.05, 4.69) is 20.4 Å². The number of fused-ring (bicyclic) bond motifs is 2. The van der Waals surface area contributed by atoms with Gasteiger partial charge in [0.15, 0.2) is 21.9 Å². The molecule has 8 nitrogen and oxygen atoms in total. The number of aromatic nitrogens is 4. The highest BCUT2D eigenvalue weighted by atomic mass is 35.5. The molecule has 0 aliphatic carbocycles. The highest BCUT2D eigenvalue weighted by Crippen LogP contribution is 2.30. The van der Waals surface area contributed by atoms with Gasteiger partial charge in [0.2, 0.25) is 0 Å². The third-order valence-corrected chi connectivity index (χ3v) is 8.00. The molecule has 6 rings (SSSR count). The van der Waals surface area contributed by atoms with Crippen LogP contribution in [-0.4, -0.2) is 32.0 Å². The number of hydrogen-bond acceptors (Lipinski definition) is 6. The molecule has 0 atom stereocenters. The predicted octanol–water partition coefficient (Wildman–Crippen LogP) is 8.04. The molecule has 2 aromatic heterocycles. The Labute approximate surface area is 286 Å². The minimum Gasteiger partial charge on any atom is -0.294 e.